The summed E-state index contributed by atoms with van der Waals surface area (Å²) in [6.07, 6.45) is 1.22. The molecule has 1 atom stereocenters. The Morgan fingerprint density at radius 1 is 1.41 bits per heavy atom. The monoisotopic (exact) mass is 316 g/mol. The average molecular weight is 317 g/mol. The Bertz CT molecular complexity index is 563. The van der Waals surface area contributed by atoms with Crippen molar-refractivity contribution < 1.29 is 13.2 Å². The number of fused-ring (bicyclic) bond motifs is 1. The van der Waals surface area contributed by atoms with Crippen LogP contribution in [0.2, 0.25) is 0 Å². The third kappa shape index (κ3) is 2.31. The SMILES string of the molecule is CCCS(=O)(=O)c1ccc2c(c1)C(=O)C(Br)C2. The van der Waals surface area contributed by atoms with E-state index < -0.39 is 9.84 Å². The first-order valence-electron chi connectivity index (χ1n) is 5.49. The number of rotatable bonds is 3. The molecule has 1 unspecified atom stereocenters. The zero-order valence-electron chi connectivity index (χ0n) is 9.44. The first kappa shape index (κ1) is 12.8. The van der Waals surface area contributed by atoms with Crippen LogP contribution in [-0.2, 0) is 16.3 Å². The number of sulfone groups is 1. The maximum Gasteiger partial charge on any atom is 0.178 e. The quantitative estimate of drug-likeness (QED) is 0.804. The Labute approximate surface area is 109 Å². The van der Waals surface area contributed by atoms with Crippen LogP contribution in [0.15, 0.2) is 23.1 Å². The van der Waals surface area contributed by atoms with E-state index in [0.29, 0.717) is 18.4 Å². The third-order valence-electron chi connectivity index (χ3n) is 2.86. The van der Waals surface area contributed by atoms with Crippen LogP contribution in [0, 0.1) is 0 Å². The summed E-state index contributed by atoms with van der Waals surface area (Å²) in [7, 11) is -3.24. The van der Waals surface area contributed by atoms with Gasteiger partial charge in [-0.25, -0.2) is 8.42 Å². The number of halogens is 1. The average Bonchev–Trinajstić information content (AvgIpc) is 2.54. The fraction of sp³-hybridized carbons (Fsp3) is 0.417. The van der Waals surface area contributed by atoms with Gasteiger partial charge in [-0.1, -0.05) is 28.9 Å². The number of hydrogen-bond acceptors (Lipinski definition) is 3. The molecule has 0 saturated carbocycles. The highest BCUT2D eigenvalue weighted by Crippen LogP contribution is 2.29. The van der Waals surface area contributed by atoms with Gasteiger partial charge in [0.1, 0.15) is 0 Å². The highest BCUT2D eigenvalue weighted by molar-refractivity contribution is 9.10. The highest BCUT2D eigenvalue weighted by Gasteiger charge is 2.29. The van der Waals surface area contributed by atoms with Crippen molar-refractivity contribution in [3.8, 4) is 0 Å². The van der Waals surface area contributed by atoms with E-state index >= 15 is 0 Å². The number of carbonyl (C=O) groups is 1. The summed E-state index contributed by atoms with van der Waals surface area (Å²) in [6.45, 7) is 1.82. The van der Waals surface area contributed by atoms with Crippen LogP contribution in [0.4, 0.5) is 0 Å². The molecule has 0 saturated heterocycles. The van der Waals surface area contributed by atoms with Crippen LogP contribution in [0.5, 0.6) is 0 Å². The smallest absolute Gasteiger partial charge is 0.178 e. The Morgan fingerprint density at radius 2 is 2.12 bits per heavy atom. The molecule has 0 bridgehead atoms. The van der Waals surface area contributed by atoms with Crippen LogP contribution in [0.1, 0.15) is 29.3 Å². The minimum absolute atomic E-state index is 0.0199. The molecule has 1 aliphatic rings. The fourth-order valence-electron chi connectivity index (χ4n) is 2.00. The molecule has 1 aliphatic carbocycles. The molecule has 0 spiro atoms. The van der Waals surface area contributed by atoms with Crippen molar-refractivity contribution in [3.05, 3.63) is 29.3 Å². The fourth-order valence-corrected chi connectivity index (χ4v) is 3.94. The van der Waals surface area contributed by atoms with E-state index in [0.717, 1.165) is 5.56 Å². The van der Waals surface area contributed by atoms with E-state index in [-0.39, 0.29) is 21.3 Å². The van der Waals surface area contributed by atoms with E-state index in [4.69, 9.17) is 0 Å². The molecular weight excluding hydrogens is 304 g/mol. The lowest BCUT2D eigenvalue weighted by Gasteiger charge is -2.04. The first-order chi connectivity index (χ1) is 7.95. The Kier molecular flexibility index (Phi) is 3.41. The van der Waals surface area contributed by atoms with Gasteiger partial charge in [0.2, 0.25) is 0 Å². The lowest BCUT2D eigenvalue weighted by molar-refractivity contribution is 0.100. The standard InChI is InChI=1S/C12H13BrO3S/c1-2-5-17(15,16)9-4-3-8-6-11(13)12(14)10(8)7-9/h3-4,7,11H,2,5-6H2,1H3. The maximum absolute atomic E-state index is 11.9. The van der Waals surface area contributed by atoms with Crippen molar-refractivity contribution in [2.75, 3.05) is 5.75 Å². The van der Waals surface area contributed by atoms with E-state index in [2.05, 4.69) is 15.9 Å². The van der Waals surface area contributed by atoms with E-state index in [9.17, 15) is 13.2 Å². The normalized spacial score (nSPS) is 19.4. The summed E-state index contributed by atoms with van der Waals surface area (Å²) in [5.41, 5.74) is 1.47. The summed E-state index contributed by atoms with van der Waals surface area (Å²) in [5, 5.41) is 0. The minimum Gasteiger partial charge on any atom is -0.293 e. The number of Topliss-reactive ketones (excluding diaryl/α,β-unsaturated/α-hetero) is 1. The second-order valence-corrected chi connectivity index (χ2v) is 7.39. The van der Waals surface area contributed by atoms with Crippen LogP contribution in [0.25, 0.3) is 0 Å². The molecule has 17 heavy (non-hydrogen) atoms. The molecule has 2 rings (SSSR count). The summed E-state index contributed by atoms with van der Waals surface area (Å²) in [5.74, 6) is 0.103. The maximum atomic E-state index is 11.9. The van der Waals surface area contributed by atoms with Gasteiger partial charge in [0.25, 0.3) is 0 Å². The third-order valence-corrected chi connectivity index (χ3v) is 5.52. The van der Waals surface area contributed by atoms with Gasteiger partial charge in [-0.15, -0.1) is 0 Å². The number of alkyl halides is 1. The van der Waals surface area contributed by atoms with Gasteiger partial charge < -0.3 is 0 Å². The molecule has 1 aromatic rings. The zero-order valence-corrected chi connectivity index (χ0v) is 11.8. The van der Waals surface area contributed by atoms with Crippen molar-refractivity contribution in [1.29, 1.82) is 0 Å². The largest absolute Gasteiger partial charge is 0.293 e. The van der Waals surface area contributed by atoms with Crippen molar-refractivity contribution in [2.45, 2.75) is 29.5 Å². The molecule has 0 fully saturated rings. The molecule has 1 aromatic carbocycles. The summed E-state index contributed by atoms with van der Waals surface area (Å²) < 4.78 is 23.8. The lowest BCUT2D eigenvalue weighted by atomic mass is 10.1. The van der Waals surface area contributed by atoms with Gasteiger partial charge in [0.15, 0.2) is 15.6 Å². The molecule has 0 radical (unpaired) electrons. The lowest BCUT2D eigenvalue weighted by Crippen LogP contribution is -2.08. The molecule has 92 valence electrons. The van der Waals surface area contributed by atoms with Gasteiger partial charge in [0, 0.05) is 5.56 Å². The van der Waals surface area contributed by atoms with Crippen LogP contribution >= 0.6 is 15.9 Å². The summed E-state index contributed by atoms with van der Waals surface area (Å²) in [4.78, 5) is 11.8. The predicted octanol–water partition coefficient (Wildman–Crippen LogP) is 2.37. The molecular formula is C12H13BrO3S. The number of hydrogen-bond donors (Lipinski definition) is 0. The molecule has 5 heteroatoms. The van der Waals surface area contributed by atoms with E-state index in [1.54, 1.807) is 12.1 Å². The van der Waals surface area contributed by atoms with E-state index in [1.807, 2.05) is 6.92 Å². The predicted molar refractivity (Wildman–Crippen MR) is 69.5 cm³/mol. The van der Waals surface area contributed by atoms with E-state index in [1.165, 1.54) is 6.07 Å². The van der Waals surface area contributed by atoms with Crippen LogP contribution < -0.4 is 0 Å². The van der Waals surface area contributed by atoms with Gasteiger partial charge >= 0.3 is 0 Å². The topological polar surface area (TPSA) is 51.2 Å². The molecule has 3 nitrogen and oxygen atoms in total. The Morgan fingerprint density at radius 3 is 2.76 bits per heavy atom. The Balaban J connectivity index is 2.46. The zero-order chi connectivity index (χ0) is 12.6. The summed E-state index contributed by atoms with van der Waals surface area (Å²) >= 11 is 3.29. The molecule has 0 aromatic heterocycles. The molecule has 0 heterocycles. The molecule has 0 aliphatic heterocycles. The first-order valence-corrected chi connectivity index (χ1v) is 8.06. The van der Waals surface area contributed by atoms with Crippen molar-refractivity contribution in [3.63, 3.8) is 0 Å². The van der Waals surface area contributed by atoms with Gasteiger partial charge in [-0.05, 0) is 30.5 Å². The molecule has 0 N–H and O–H groups in total. The van der Waals surface area contributed by atoms with Gasteiger partial charge in [-0.2, -0.15) is 0 Å². The highest BCUT2D eigenvalue weighted by atomic mass is 79.9. The Hall–Kier alpha value is -0.680. The number of ketones is 1. The van der Waals surface area contributed by atoms with Crippen LogP contribution in [-0.4, -0.2) is 24.8 Å². The van der Waals surface area contributed by atoms with Crippen molar-refractivity contribution in [1.82, 2.24) is 0 Å². The van der Waals surface area contributed by atoms with Crippen molar-refractivity contribution in [2.24, 2.45) is 0 Å². The van der Waals surface area contributed by atoms with Gasteiger partial charge in [0.05, 0.1) is 15.5 Å². The number of carbonyl (C=O) groups excluding carboxylic acids is 1. The second-order valence-electron chi connectivity index (χ2n) is 4.17. The summed E-state index contributed by atoms with van der Waals surface area (Å²) in [6, 6.07) is 4.86. The molecule has 0 amide bonds. The van der Waals surface area contributed by atoms with Crippen molar-refractivity contribution >= 4 is 31.6 Å². The number of benzene rings is 1. The van der Waals surface area contributed by atoms with Gasteiger partial charge in [-0.3, -0.25) is 4.79 Å². The minimum atomic E-state index is -3.24. The van der Waals surface area contributed by atoms with Crippen LogP contribution in [0.3, 0.4) is 0 Å². The second kappa shape index (κ2) is 4.53.